The van der Waals surface area contributed by atoms with Crippen LogP contribution in [0.3, 0.4) is 0 Å². The van der Waals surface area contributed by atoms with Gasteiger partial charge in [-0.25, -0.2) is 4.79 Å². The molecule has 0 saturated carbocycles. The lowest BCUT2D eigenvalue weighted by molar-refractivity contribution is 0.0605. The highest BCUT2D eigenvalue weighted by atomic mass is 28.4. The second-order valence-electron chi connectivity index (χ2n) is 7.19. The predicted molar refractivity (Wildman–Crippen MR) is 82.5 cm³/mol. The van der Waals surface area contributed by atoms with Crippen LogP contribution < -0.4 is 0 Å². The summed E-state index contributed by atoms with van der Waals surface area (Å²) in [5.41, 5.74) is -0.494. The molecule has 0 bridgehead atoms. The Labute approximate surface area is 118 Å². The van der Waals surface area contributed by atoms with Crippen LogP contribution in [0, 0.1) is 0 Å². The highest BCUT2D eigenvalue weighted by Crippen LogP contribution is 2.36. The average Bonchev–Trinajstić information content (AvgIpc) is 2.11. The summed E-state index contributed by atoms with van der Waals surface area (Å²) in [5.74, 6) is 0. The summed E-state index contributed by atoms with van der Waals surface area (Å²) in [6.45, 7) is 17.1. The minimum Gasteiger partial charge on any atom is -0.442 e. The van der Waals surface area contributed by atoms with Crippen LogP contribution in [0.2, 0.25) is 18.1 Å². The molecule has 0 aliphatic carbocycles. The maximum absolute atomic E-state index is 11.3. The van der Waals surface area contributed by atoms with E-state index in [0.717, 1.165) is 0 Å². The fourth-order valence-corrected chi connectivity index (χ4v) is 2.07. The van der Waals surface area contributed by atoms with Gasteiger partial charge in [-0.1, -0.05) is 20.8 Å². The predicted octanol–water partition coefficient (Wildman–Crippen LogP) is 4.40. The average molecular weight is 287 g/mol. The Morgan fingerprint density at radius 1 is 1.16 bits per heavy atom. The number of rotatable bonds is 4. The van der Waals surface area contributed by atoms with Gasteiger partial charge in [0.1, 0.15) is 5.60 Å². The quantitative estimate of drug-likeness (QED) is 0.437. The molecule has 0 heterocycles. The van der Waals surface area contributed by atoms with Crippen LogP contribution in [-0.4, -0.2) is 32.8 Å². The summed E-state index contributed by atoms with van der Waals surface area (Å²) >= 11 is 0. The molecular weight excluding hydrogens is 258 g/mol. The topological polar surface area (TPSA) is 47.9 Å². The van der Waals surface area contributed by atoms with E-state index >= 15 is 0 Å². The summed E-state index contributed by atoms with van der Waals surface area (Å²) in [6.07, 6.45) is 1.66. The molecule has 0 unspecified atom stereocenters. The van der Waals surface area contributed by atoms with Gasteiger partial charge in [0, 0.05) is 19.2 Å². The molecule has 1 amide bonds. The van der Waals surface area contributed by atoms with Crippen molar-refractivity contribution in [1.29, 1.82) is 0 Å². The van der Waals surface area contributed by atoms with E-state index in [4.69, 9.17) is 9.16 Å². The molecule has 0 aromatic heterocycles. The van der Waals surface area contributed by atoms with Crippen molar-refractivity contribution < 1.29 is 14.0 Å². The maximum Gasteiger partial charge on any atom is 0.433 e. The first-order valence-corrected chi connectivity index (χ1v) is 9.65. The van der Waals surface area contributed by atoms with E-state index in [1.807, 2.05) is 20.8 Å². The first kappa shape index (κ1) is 18.3. The van der Waals surface area contributed by atoms with Gasteiger partial charge in [-0.2, -0.15) is 4.99 Å². The van der Waals surface area contributed by atoms with Crippen molar-refractivity contribution in [1.82, 2.24) is 0 Å². The minimum atomic E-state index is -1.70. The summed E-state index contributed by atoms with van der Waals surface area (Å²) in [7, 11) is -1.70. The molecule has 0 rings (SSSR count). The Bertz CT molecular complexity index is 325. The van der Waals surface area contributed by atoms with E-state index in [1.165, 1.54) is 0 Å². The highest BCUT2D eigenvalue weighted by molar-refractivity contribution is 6.74. The molecule has 112 valence electrons. The Balaban J connectivity index is 4.03. The van der Waals surface area contributed by atoms with Crippen molar-refractivity contribution >= 4 is 20.6 Å². The summed E-state index contributed by atoms with van der Waals surface area (Å²) in [4.78, 5) is 15.1. The fourth-order valence-electron chi connectivity index (χ4n) is 1.01. The molecule has 0 aromatic carbocycles. The van der Waals surface area contributed by atoms with Crippen LogP contribution in [0.25, 0.3) is 0 Å². The number of amides is 1. The van der Waals surface area contributed by atoms with E-state index in [1.54, 1.807) is 6.21 Å². The molecule has 0 radical (unpaired) electrons. The number of aliphatic imine (C=N–C) groups is 1. The molecule has 0 aromatic rings. The zero-order chi connectivity index (χ0) is 15.3. The Kier molecular flexibility index (Phi) is 6.42. The van der Waals surface area contributed by atoms with E-state index in [9.17, 15) is 4.79 Å². The molecule has 0 fully saturated rings. The highest BCUT2D eigenvalue weighted by Gasteiger charge is 2.36. The van der Waals surface area contributed by atoms with Gasteiger partial charge < -0.3 is 9.16 Å². The number of hydrogen-bond acceptors (Lipinski definition) is 3. The van der Waals surface area contributed by atoms with Crippen LogP contribution in [-0.2, 0) is 9.16 Å². The molecule has 0 N–H and O–H groups in total. The molecule has 0 aliphatic heterocycles. The molecule has 4 nitrogen and oxygen atoms in total. The van der Waals surface area contributed by atoms with Gasteiger partial charge in [0.25, 0.3) is 0 Å². The van der Waals surface area contributed by atoms with E-state index < -0.39 is 20.0 Å². The lowest BCUT2D eigenvalue weighted by Crippen LogP contribution is -2.41. The van der Waals surface area contributed by atoms with Crippen molar-refractivity contribution in [2.24, 2.45) is 4.99 Å². The number of hydrogen-bond donors (Lipinski definition) is 0. The van der Waals surface area contributed by atoms with Gasteiger partial charge in [-0.3, -0.25) is 0 Å². The van der Waals surface area contributed by atoms with Crippen LogP contribution >= 0.6 is 0 Å². The monoisotopic (exact) mass is 287 g/mol. The molecule has 5 heteroatoms. The third-order valence-corrected chi connectivity index (χ3v) is 7.64. The third kappa shape index (κ3) is 8.16. The van der Waals surface area contributed by atoms with Crippen molar-refractivity contribution in [2.75, 3.05) is 6.61 Å². The van der Waals surface area contributed by atoms with Crippen LogP contribution in [0.4, 0.5) is 4.79 Å². The second kappa shape index (κ2) is 6.66. The van der Waals surface area contributed by atoms with Crippen molar-refractivity contribution in [3.05, 3.63) is 0 Å². The fraction of sp³-hybridized carbons (Fsp3) is 0.857. The van der Waals surface area contributed by atoms with Crippen molar-refractivity contribution in [2.45, 2.75) is 71.7 Å². The third-order valence-electron chi connectivity index (χ3n) is 3.11. The Morgan fingerprint density at radius 3 is 2.11 bits per heavy atom. The van der Waals surface area contributed by atoms with Crippen LogP contribution in [0.5, 0.6) is 0 Å². The summed E-state index contributed by atoms with van der Waals surface area (Å²) < 4.78 is 11.0. The zero-order valence-corrected chi connectivity index (χ0v) is 14.7. The van der Waals surface area contributed by atoms with Gasteiger partial charge in [0.2, 0.25) is 0 Å². The van der Waals surface area contributed by atoms with Gasteiger partial charge in [0.05, 0.1) is 0 Å². The van der Waals surface area contributed by atoms with E-state index in [0.29, 0.717) is 13.0 Å². The van der Waals surface area contributed by atoms with Crippen LogP contribution in [0.1, 0.15) is 48.0 Å². The zero-order valence-electron chi connectivity index (χ0n) is 13.7. The molecule has 19 heavy (non-hydrogen) atoms. The normalized spacial score (nSPS) is 13.9. The van der Waals surface area contributed by atoms with E-state index in [2.05, 4.69) is 38.9 Å². The van der Waals surface area contributed by atoms with Gasteiger partial charge in [-0.05, 0) is 38.9 Å². The molecule has 0 spiro atoms. The largest absolute Gasteiger partial charge is 0.442 e. The van der Waals surface area contributed by atoms with Crippen molar-refractivity contribution in [3.63, 3.8) is 0 Å². The number of nitrogens with zero attached hydrogens (tertiary/aromatic N) is 1. The van der Waals surface area contributed by atoms with Gasteiger partial charge in [0.15, 0.2) is 8.32 Å². The smallest absolute Gasteiger partial charge is 0.433 e. The Morgan fingerprint density at radius 2 is 1.68 bits per heavy atom. The standard InChI is InChI=1S/C14H29NO3Si/c1-13(2,3)18-12(16)15-10-9-11-17-19(7,8)14(4,5)6/h10H,9,11H2,1-8H3/b15-10+. The van der Waals surface area contributed by atoms with Gasteiger partial charge in [-0.15, -0.1) is 0 Å². The molecule has 0 saturated heterocycles. The SMILES string of the molecule is CC(C)(C)OC(=O)/N=C/CCO[Si](C)(C)C(C)(C)C. The van der Waals surface area contributed by atoms with Crippen LogP contribution in [0.15, 0.2) is 4.99 Å². The van der Waals surface area contributed by atoms with Crippen molar-refractivity contribution in [3.8, 4) is 0 Å². The molecular formula is C14H29NO3Si. The van der Waals surface area contributed by atoms with E-state index in [-0.39, 0.29) is 5.04 Å². The second-order valence-corrected chi connectivity index (χ2v) is 12.0. The Hall–Kier alpha value is -0.683. The molecule has 0 aliphatic rings. The number of carbonyl (C=O) groups is 1. The maximum atomic E-state index is 11.3. The number of ether oxygens (including phenoxy) is 1. The lowest BCUT2D eigenvalue weighted by atomic mass is 10.2. The lowest BCUT2D eigenvalue weighted by Gasteiger charge is -2.36. The first-order valence-electron chi connectivity index (χ1n) is 6.75. The molecule has 0 atom stereocenters. The first-order chi connectivity index (χ1) is 8.35. The minimum absolute atomic E-state index is 0.204. The summed E-state index contributed by atoms with van der Waals surface area (Å²) in [5, 5.41) is 0.204. The summed E-state index contributed by atoms with van der Waals surface area (Å²) in [6, 6.07) is 0. The number of carbonyl (C=O) groups excluding carboxylic acids is 1. The van der Waals surface area contributed by atoms with Gasteiger partial charge >= 0.3 is 6.09 Å².